The number of benzene rings is 1. The summed E-state index contributed by atoms with van der Waals surface area (Å²) in [7, 11) is 0. The van der Waals surface area contributed by atoms with Gasteiger partial charge in [-0.1, -0.05) is 83.4 Å². The lowest BCUT2D eigenvalue weighted by molar-refractivity contribution is -0.686. The molecule has 0 atom stereocenters. The molecule has 2 nitrogen and oxygen atoms in total. The first kappa shape index (κ1) is 21.7. The zero-order chi connectivity index (χ0) is 19.2. The van der Waals surface area contributed by atoms with E-state index >= 15 is 0 Å². The third kappa shape index (κ3) is 7.91. The van der Waals surface area contributed by atoms with Crippen molar-refractivity contribution in [2.75, 3.05) is 0 Å². The topological polar surface area (TPSA) is 8.81 Å². The molecule has 0 saturated carbocycles. The number of hydrogen-bond acceptors (Lipinski definition) is 0. The first-order chi connectivity index (χ1) is 13.4. The van der Waals surface area contributed by atoms with Crippen LogP contribution in [-0.2, 0) is 13.1 Å². The lowest BCUT2D eigenvalue weighted by atomic mass is 10.1. The van der Waals surface area contributed by atoms with Crippen LogP contribution in [0.1, 0.15) is 90.9 Å². The molecule has 150 valence electrons. The molecular formula is C25H41N2+. The maximum absolute atomic E-state index is 2.48. The average Bonchev–Trinajstić information content (AvgIpc) is 3.10. The van der Waals surface area contributed by atoms with Crippen molar-refractivity contribution >= 4 is 0 Å². The summed E-state index contributed by atoms with van der Waals surface area (Å²) < 4.78 is 4.95. The lowest BCUT2D eigenvalue weighted by Crippen LogP contribution is -2.34. The molecule has 0 fully saturated rings. The van der Waals surface area contributed by atoms with Crippen LogP contribution in [0, 0.1) is 0 Å². The van der Waals surface area contributed by atoms with E-state index in [1.165, 1.54) is 88.4 Å². The number of aryl methyl sites for hydroxylation is 2. The van der Waals surface area contributed by atoms with Gasteiger partial charge in [0.1, 0.15) is 12.4 Å². The fourth-order valence-electron chi connectivity index (χ4n) is 3.87. The average molecular weight is 370 g/mol. The standard InChI is InChI=1S/C25H41N2/c1-3-5-7-9-10-12-17-21-27-23-22-26(20-16-11-8-6-4-2)25(27)24-18-14-13-15-19-24/h13-15,18-19,22-23H,3-12,16-17,20-21H2,1-2H3/q+1. The lowest BCUT2D eigenvalue weighted by Gasteiger charge is -2.06. The number of imidazole rings is 1. The van der Waals surface area contributed by atoms with Gasteiger partial charge in [-0.25, -0.2) is 9.13 Å². The van der Waals surface area contributed by atoms with Gasteiger partial charge in [-0.15, -0.1) is 0 Å². The number of nitrogens with zero attached hydrogens (tertiary/aromatic N) is 2. The van der Waals surface area contributed by atoms with Gasteiger partial charge in [0.25, 0.3) is 5.82 Å². The van der Waals surface area contributed by atoms with Crippen LogP contribution in [-0.4, -0.2) is 4.57 Å². The predicted molar refractivity (Wildman–Crippen MR) is 117 cm³/mol. The molecule has 1 heterocycles. The van der Waals surface area contributed by atoms with E-state index in [0.717, 1.165) is 13.1 Å². The van der Waals surface area contributed by atoms with Crippen LogP contribution in [0.4, 0.5) is 0 Å². The van der Waals surface area contributed by atoms with E-state index in [1.54, 1.807) is 0 Å². The smallest absolute Gasteiger partial charge is 0.230 e. The molecule has 1 aromatic heterocycles. The van der Waals surface area contributed by atoms with E-state index in [-0.39, 0.29) is 0 Å². The summed E-state index contributed by atoms with van der Waals surface area (Å²) in [4.78, 5) is 0. The Kier molecular flexibility index (Phi) is 10.9. The molecule has 27 heavy (non-hydrogen) atoms. The second-order valence-electron chi connectivity index (χ2n) is 7.91. The van der Waals surface area contributed by atoms with Crippen LogP contribution in [0.25, 0.3) is 11.4 Å². The molecular weight excluding hydrogens is 328 g/mol. The molecule has 0 spiro atoms. The third-order valence-electron chi connectivity index (χ3n) is 5.51. The Balaban J connectivity index is 1.91. The summed E-state index contributed by atoms with van der Waals surface area (Å²) in [5.41, 5.74) is 1.35. The molecule has 0 N–H and O–H groups in total. The van der Waals surface area contributed by atoms with Gasteiger partial charge in [0.15, 0.2) is 0 Å². The first-order valence-corrected chi connectivity index (χ1v) is 11.5. The van der Waals surface area contributed by atoms with Crippen molar-refractivity contribution in [3.8, 4) is 11.4 Å². The molecule has 0 aliphatic rings. The van der Waals surface area contributed by atoms with Crippen molar-refractivity contribution in [1.82, 2.24) is 4.57 Å². The molecule has 0 bridgehead atoms. The fraction of sp³-hybridized carbons (Fsp3) is 0.640. The molecule has 0 amide bonds. The fourth-order valence-corrected chi connectivity index (χ4v) is 3.87. The molecule has 2 aromatic rings. The van der Waals surface area contributed by atoms with Gasteiger partial charge in [0.05, 0.1) is 18.7 Å². The van der Waals surface area contributed by atoms with E-state index in [2.05, 4.69) is 65.7 Å². The van der Waals surface area contributed by atoms with Crippen molar-refractivity contribution in [3.63, 3.8) is 0 Å². The Morgan fingerprint density at radius 1 is 0.704 bits per heavy atom. The zero-order valence-corrected chi connectivity index (χ0v) is 17.8. The minimum atomic E-state index is 1.14. The maximum Gasteiger partial charge on any atom is 0.288 e. The van der Waals surface area contributed by atoms with Crippen molar-refractivity contribution in [2.24, 2.45) is 0 Å². The van der Waals surface area contributed by atoms with E-state index < -0.39 is 0 Å². The Hall–Kier alpha value is -1.57. The number of rotatable bonds is 15. The SMILES string of the molecule is CCCCCCCCCn1cc[n+](CCCCCCC)c1-c1ccccc1. The van der Waals surface area contributed by atoms with Crippen molar-refractivity contribution in [3.05, 3.63) is 42.7 Å². The molecule has 1 aromatic carbocycles. The summed E-state index contributed by atoms with van der Waals surface area (Å²) in [6, 6.07) is 10.9. The summed E-state index contributed by atoms with van der Waals surface area (Å²) in [5, 5.41) is 0. The van der Waals surface area contributed by atoms with Gasteiger partial charge >= 0.3 is 0 Å². The minimum absolute atomic E-state index is 1.14. The summed E-state index contributed by atoms with van der Waals surface area (Å²) in [6.45, 7) is 6.85. The summed E-state index contributed by atoms with van der Waals surface area (Å²) in [5.74, 6) is 1.39. The second-order valence-corrected chi connectivity index (χ2v) is 7.91. The number of hydrogen-bond donors (Lipinski definition) is 0. The monoisotopic (exact) mass is 369 g/mol. The highest BCUT2D eigenvalue weighted by Gasteiger charge is 2.18. The van der Waals surface area contributed by atoms with Crippen molar-refractivity contribution < 1.29 is 4.57 Å². The quantitative estimate of drug-likeness (QED) is 0.232. The normalized spacial score (nSPS) is 11.2. The minimum Gasteiger partial charge on any atom is -0.230 e. The molecule has 0 unspecified atom stereocenters. The highest BCUT2D eigenvalue weighted by atomic mass is 15.1. The molecule has 0 aliphatic heterocycles. The van der Waals surface area contributed by atoms with Gasteiger partial charge in [0, 0.05) is 0 Å². The second kappa shape index (κ2) is 13.6. The van der Waals surface area contributed by atoms with Crippen LogP contribution in [0.3, 0.4) is 0 Å². The van der Waals surface area contributed by atoms with Crippen LogP contribution in [0.5, 0.6) is 0 Å². The summed E-state index contributed by atoms with van der Waals surface area (Å²) in [6.07, 6.45) is 20.9. The molecule has 0 saturated heterocycles. The van der Waals surface area contributed by atoms with E-state index in [4.69, 9.17) is 0 Å². The Bertz CT molecular complexity index is 600. The van der Waals surface area contributed by atoms with Gasteiger partial charge < -0.3 is 0 Å². The third-order valence-corrected chi connectivity index (χ3v) is 5.51. The highest BCUT2D eigenvalue weighted by molar-refractivity contribution is 5.52. The molecule has 0 aliphatic carbocycles. The Morgan fingerprint density at radius 2 is 1.30 bits per heavy atom. The summed E-state index contributed by atoms with van der Waals surface area (Å²) >= 11 is 0. The van der Waals surface area contributed by atoms with E-state index in [1.807, 2.05) is 0 Å². The van der Waals surface area contributed by atoms with Crippen LogP contribution in [0.15, 0.2) is 42.7 Å². The van der Waals surface area contributed by atoms with Gasteiger partial charge in [0.2, 0.25) is 0 Å². The first-order valence-electron chi connectivity index (χ1n) is 11.5. The van der Waals surface area contributed by atoms with Crippen LogP contribution >= 0.6 is 0 Å². The number of aromatic nitrogens is 2. The molecule has 2 rings (SSSR count). The van der Waals surface area contributed by atoms with E-state index in [9.17, 15) is 0 Å². The van der Waals surface area contributed by atoms with Crippen LogP contribution < -0.4 is 4.57 Å². The van der Waals surface area contributed by atoms with Crippen molar-refractivity contribution in [2.45, 2.75) is 104 Å². The van der Waals surface area contributed by atoms with Crippen LogP contribution in [0.2, 0.25) is 0 Å². The Morgan fingerprint density at radius 3 is 1.96 bits per heavy atom. The molecule has 0 radical (unpaired) electrons. The zero-order valence-electron chi connectivity index (χ0n) is 17.8. The number of unbranched alkanes of at least 4 members (excludes halogenated alkanes) is 10. The Labute approximate surface area is 167 Å². The van der Waals surface area contributed by atoms with E-state index in [0.29, 0.717) is 0 Å². The van der Waals surface area contributed by atoms with Crippen molar-refractivity contribution in [1.29, 1.82) is 0 Å². The molecule has 2 heteroatoms. The predicted octanol–water partition coefficient (Wildman–Crippen LogP) is 7.16. The maximum atomic E-state index is 2.48. The van der Waals surface area contributed by atoms with Gasteiger partial charge in [-0.3, -0.25) is 0 Å². The largest absolute Gasteiger partial charge is 0.288 e. The highest BCUT2D eigenvalue weighted by Crippen LogP contribution is 2.17. The van der Waals surface area contributed by atoms with Gasteiger partial charge in [-0.05, 0) is 37.8 Å². The van der Waals surface area contributed by atoms with Gasteiger partial charge in [-0.2, -0.15) is 0 Å².